The monoisotopic (exact) mass is 436 g/mol. The molecule has 3 rings (SSSR count). The molecule has 1 fully saturated rings. The van der Waals surface area contributed by atoms with Crippen molar-refractivity contribution in [3.63, 3.8) is 0 Å². The van der Waals surface area contributed by atoms with Crippen LogP contribution in [0, 0.1) is 5.92 Å². The molecule has 0 aromatic heterocycles. The second kappa shape index (κ2) is 9.85. The van der Waals surface area contributed by atoms with Gasteiger partial charge in [0.15, 0.2) is 11.5 Å². The van der Waals surface area contributed by atoms with E-state index in [4.69, 9.17) is 37.5 Å². The fourth-order valence-corrected chi connectivity index (χ4v) is 3.28. The molecule has 1 N–H and O–H groups in total. The number of halogens is 2. The summed E-state index contributed by atoms with van der Waals surface area (Å²) >= 11 is 12.7. The second-order valence-electron chi connectivity index (χ2n) is 6.62. The van der Waals surface area contributed by atoms with Crippen LogP contribution in [0.3, 0.4) is 0 Å². The van der Waals surface area contributed by atoms with Crippen molar-refractivity contribution in [2.75, 3.05) is 20.8 Å². The molecule has 29 heavy (non-hydrogen) atoms. The van der Waals surface area contributed by atoms with Gasteiger partial charge in [0.1, 0.15) is 19.5 Å². The van der Waals surface area contributed by atoms with Crippen LogP contribution in [-0.2, 0) is 16.2 Å². The Morgan fingerprint density at radius 1 is 1.17 bits per heavy atom. The number of carbonyl (C=O) groups is 1. The van der Waals surface area contributed by atoms with Crippen molar-refractivity contribution in [2.24, 2.45) is 11.1 Å². The van der Waals surface area contributed by atoms with Gasteiger partial charge >= 0.3 is 0 Å². The largest absolute Gasteiger partial charge is 0.490 e. The summed E-state index contributed by atoms with van der Waals surface area (Å²) in [6.07, 6.45) is 2.36. The Kier molecular flexibility index (Phi) is 7.23. The average Bonchev–Trinajstić information content (AvgIpc) is 3.54. The van der Waals surface area contributed by atoms with Gasteiger partial charge in [0.2, 0.25) is 0 Å². The molecule has 154 valence electrons. The first-order valence-electron chi connectivity index (χ1n) is 9.19. The lowest BCUT2D eigenvalue weighted by molar-refractivity contribution is -0.114. The van der Waals surface area contributed by atoms with Crippen LogP contribution in [0.5, 0.6) is 11.5 Å². The summed E-state index contributed by atoms with van der Waals surface area (Å²) in [5.41, 5.74) is 1.53. The van der Waals surface area contributed by atoms with Crippen LogP contribution in [0.4, 0.5) is 0 Å². The molecule has 1 amide bonds. The number of ether oxygens (including phenoxy) is 2. The third kappa shape index (κ3) is 5.55. The number of oxime groups is 1. The van der Waals surface area contributed by atoms with Crippen LogP contribution in [0.1, 0.15) is 24.0 Å². The Labute approximate surface area is 179 Å². The standard InChI is InChI=1S/C21H22Cl2N2O4/c1-24-21(26)19(25-27-2)16-6-4-3-5-14(16)12-28-15-9-17(22)20(18(23)10-15)29-11-13-7-8-13/h3-6,9-10,13H,7-8,11-12H2,1-2H3,(H,24,26)/b25-19-. The second-order valence-corrected chi connectivity index (χ2v) is 7.43. The number of nitrogens with zero attached hydrogens (tertiary/aromatic N) is 1. The van der Waals surface area contributed by atoms with E-state index in [1.807, 2.05) is 18.2 Å². The maximum atomic E-state index is 12.2. The van der Waals surface area contributed by atoms with E-state index in [2.05, 4.69) is 10.5 Å². The molecule has 8 heteroatoms. The normalized spacial score (nSPS) is 13.7. The Balaban J connectivity index is 1.76. The minimum Gasteiger partial charge on any atom is -0.490 e. The molecule has 2 aromatic rings. The lowest BCUT2D eigenvalue weighted by Crippen LogP contribution is -2.29. The van der Waals surface area contributed by atoms with Gasteiger partial charge in [-0.2, -0.15) is 0 Å². The van der Waals surface area contributed by atoms with Crippen LogP contribution in [0.2, 0.25) is 10.0 Å². The molecular weight excluding hydrogens is 415 g/mol. The van der Waals surface area contributed by atoms with Gasteiger partial charge < -0.3 is 19.6 Å². The highest BCUT2D eigenvalue weighted by Gasteiger charge is 2.23. The summed E-state index contributed by atoms with van der Waals surface area (Å²) in [6.45, 7) is 0.805. The predicted molar refractivity (Wildman–Crippen MR) is 113 cm³/mol. The molecule has 0 bridgehead atoms. The number of carbonyl (C=O) groups excluding carboxylic acids is 1. The average molecular weight is 437 g/mol. The molecule has 2 aromatic carbocycles. The highest BCUT2D eigenvalue weighted by atomic mass is 35.5. The van der Waals surface area contributed by atoms with Gasteiger partial charge in [-0.15, -0.1) is 0 Å². The third-order valence-corrected chi connectivity index (χ3v) is 4.99. The number of nitrogens with one attached hydrogen (secondary N) is 1. The zero-order valence-corrected chi connectivity index (χ0v) is 17.7. The van der Waals surface area contributed by atoms with Crippen molar-refractivity contribution in [2.45, 2.75) is 19.4 Å². The van der Waals surface area contributed by atoms with Crippen LogP contribution in [0.15, 0.2) is 41.6 Å². The number of likely N-dealkylation sites (N-methyl/N-ethyl adjacent to an activating group) is 1. The molecule has 0 atom stereocenters. The van der Waals surface area contributed by atoms with Crippen LogP contribution < -0.4 is 14.8 Å². The number of benzene rings is 2. The minimum absolute atomic E-state index is 0.161. The summed E-state index contributed by atoms with van der Waals surface area (Å²) in [5, 5.41) is 7.20. The zero-order valence-electron chi connectivity index (χ0n) is 16.2. The quantitative estimate of drug-likeness (QED) is 0.465. The predicted octanol–water partition coefficient (Wildman–Crippen LogP) is 4.46. The number of hydrogen-bond acceptors (Lipinski definition) is 5. The molecule has 0 heterocycles. The number of amides is 1. The van der Waals surface area contributed by atoms with E-state index in [-0.39, 0.29) is 18.2 Å². The molecule has 1 aliphatic carbocycles. The fraction of sp³-hybridized carbons (Fsp3) is 0.333. The third-order valence-electron chi connectivity index (χ3n) is 4.42. The molecule has 0 aliphatic heterocycles. The summed E-state index contributed by atoms with van der Waals surface area (Å²) in [4.78, 5) is 17.0. The molecule has 1 saturated carbocycles. The van der Waals surface area contributed by atoms with Gasteiger partial charge in [0.05, 0.1) is 16.7 Å². The van der Waals surface area contributed by atoms with Crippen LogP contribution in [0.25, 0.3) is 0 Å². The number of rotatable bonds is 9. The smallest absolute Gasteiger partial charge is 0.273 e. The molecule has 0 spiro atoms. The Morgan fingerprint density at radius 2 is 1.86 bits per heavy atom. The Bertz CT molecular complexity index is 890. The van der Waals surface area contributed by atoms with E-state index in [0.717, 1.165) is 5.56 Å². The molecule has 0 saturated heterocycles. The van der Waals surface area contributed by atoms with Gasteiger partial charge in [-0.05, 0) is 24.3 Å². The Hall–Kier alpha value is -2.44. The lowest BCUT2D eigenvalue weighted by Gasteiger charge is -2.14. The van der Waals surface area contributed by atoms with Crippen molar-refractivity contribution in [3.05, 3.63) is 57.6 Å². The maximum Gasteiger partial charge on any atom is 0.273 e. The minimum atomic E-state index is -0.359. The van der Waals surface area contributed by atoms with E-state index in [0.29, 0.717) is 39.6 Å². The van der Waals surface area contributed by atoms with E-state index in [9.17, 15) is 4.79 Å². The topological polar surface area (TPSA) is 69.2 Å². The van der Waals surface area contributed by atoms with Crippen molar-refractivity contribution in [3.8, 4) is 11.5 Å². The van der Waals surface area contributed by atoms with Gasteiger partial charge in [0, 0.05) is 24.7 Å². The Morgan fingerprint density at radius 3 is 2.48 bits per heavy atom. The SMILES string of the molecule is CNC(=O)/C(=N\OC)c1ccccc1COc1cc(Cl)c(OCC2CC2)c(Cl)c1. The first kappa shape index (κ1) is 21.3. The van der Waals surface area contributed by atoms with Crippen molar-refractivity contribution in [1.29, 1.82) is 0 Å². The van der Waals surface area contributed by atoms with E-state index in [1.165, 1.54) is 27.0 Å². The number of hydrogen-bond donors (Lipinski definition) is 1. The summed E-state index contributed by atoms with van der Waals surface area (Å²) in [5.74, 6) is 1.21. The van der Waals surface area contributed by atoms with Crippen LogP contribution >= 0.6 is 23.2 Å². The summed E-state index contributed by atoms with van der Waals surface area (Å²) in [7, 11) is 2.92. The summed E-state index contributed by atoms with van der Waals surface area (Å²) in [6, 6.07) is 10.6. The summed E-state index contributed by atoms with van der Waals surface area (Å²) < 4.78 is 11.6. The highest BCUT2D eigenvalue weighted by molar-refractivity contribution is 6.45. The van der Waals surface area contributed by atoms with Gasteiger partial charge in [0.25, 0.3) is 5.91 Å². The van der Waals surface area contributed by atoms with Crippen molar-refractivity contribution >= 4 is 34.8 Å². The van der Waals surface area contributed by atoms with Gasteiger partial charge in [-0.25, -0.2) is 0 Å². The zero-order chi connectivity index (χ0) is 20.8. The van der Waals surface area contributed by atoms with Crippen LogP contribution in [-0.4, -0.2) is 32.4 Å². The fourth-order valence-electron chi connectivity index (χ4n) is 2.70. The molecular formula is C21H22Cl2N2O4. The van der Waals surface area contributed by atoms with Crippen molar-refractivity contribution in [1.82, 2.24) is 5.32 Å². The van der Waals surface area contributed by atoms with Gasteiger partial charge in [-0.1, -0.05) is 52.6 Å². The van der Waals surface area contributed by atoms with E-state index < -0.39 is 0 Å². The van der Waals surface area contributed by atoms with E-state index in [1.54, 1.807) is 18.2 Å². The molecule has 0 unspecified atom stereocenters. The van der Waals surface area contributed by atoms with E-state index >= 15 is 0 Å². The van der Waals surface area contributed by atoms with Crippen molar-refractivity contribution < 1.29 is 19.1 Å². The first-order chi connectivity index (χ1) is 14.0. The lowest BCUT2D eigenvalue weighted by atomic mass is 10.0. The molecule has 6 nitrogen and oxygen atoms in total. The maximum absolute atomic E-state index is 12.2. The highest BCUT2D eigenvalue weighted by Crippen LogP contribution is 2.39. The molecule has 0 radical (unpaired) electrons. The van der Waals surface area contributed by atoms with Gasteiger partial charge in [-0.3, -0.25) is 4.79 Å². The molecule has 1 aliphatic rings. The first-order valence-corrected chi connectivity index (χ1v) is 9.95.